The van der Waals surface area contributed by atoms with Gasteiger partial charge >= 0.3 is 0 Å². The van der Waals surface area contributed by atoms with Crippen LogP contribution in [-0.4, -0.2) is 0 Å². The monoisotopic (exact) mass is 686 g/mol. The highest BCUT2D eigenvalue weighted by Crippen LogP contribution is 2.49. The maximum absolute atomic E-state index is 6.81. The fraction of sp³-hybridized carbons (Fsp3) is 0. The Morgan fingerprint density at radius 3 is 1.46 bits per heavy atom. The summed E-state index contributed by atoms with van der Waals surface area (Å²) < 4.78 is 13.3. The molecule has 12 rings (SSSR count). The standard InChI is InChI=1S/C52H30O2/c1-2-14-31(15-3-1)33-27-28-41(35-17-5-4-16-34(33)35)48-38-20-8-6-18-36(38)47(37-19-7-9-21-39(37)48)32-26-29-46-44(30-32)49-40-22-10-11-23-42(40)51-50(52(49)54-46)43-24-12-13-25-45(43)53-51/h1-30H. The van der Waals surface area contributed by atoms with Crippen molar-refractivity contribution in [3.63, 3.8) is 0 Å². The van der Waals surface area contributed by atoms with E-state index in [0.29, 0.717) is 0 Å². The summed E-state index contributed by atoms with van der Waals surface area (Å²) in [7, 11) is 0. The molecule has 2 heterocycles. The van der Waals surface area contributed by atoms with Crippen LogP contribution in [0.3, 0.4) is 0 Å². The third kappa shape index (κ3) is 4.05. The van der Waals surface area contributed by atoms with Crippen LogP contribution in [0.4, 0.5) is 0 Å². The summed E-state index contributed by atoms with van der Waals surface area (Å²) >= 11 is 0. The lowest BCUT2D eigenvalue weighted by Crippen LogP contribution is -1.92. The average Bonchev–Trinajstić information content (AvgIpc) is 3.82. The Morgan fingerprint density at radius 1 is 0.259 bits per heavy atom. The van der Waals surface area contributed by atoms with Crippen molar-refractivity contribution < 1.29 is 8.83 Å². The summed E-state index contributed by atoms with van der Waals surface area (Å²) in [5.41, 5.74) is 10.8. The van der Waals surface area contributed by atoms with E-state index >= 15 is 0 Å². The molecule has 0 spiro atoms. The molecule has 0 aliphatic heterocycles. The summed E-state index contributed by atoms with van der Waals surface area (Å²) in [5, 5.41) is 14.0. The van der Waals surface area contributed by atoms with Gasteiger partial charge in [-0.05, 0) is 89.3 Å². The largest absolute Gasteiger partial charge is 0.455 e. The molecule has 0 unspecified atom stereocenters. The van der Waals surface area contributed by atoms with E-state index in [1.54, 1.807) is 0 Å². The molecule has 0 radical (unpaired) electrons. The van der Waals surface area contributed by atoms with Gasteiger partial charge in [-0.3, -0.25) is 0 Å². The molecule has 0 saturated carbocycles. The number of fused-ring (bicyclic) bond motifs is 13. The molecule has 12 aromatic rings. The summed E-state index contributed by atoms with van der Waals surface area (Å²) in [5.74, 6) is 0. The molecule has 250 valence electrons. The first-order valence-corrected chi connectivity index (χ1v) is 18.5. The van der Waals surface area contributed by atoms with E-state index < -0.39 is 0 Å². The lowest BCUT2D eigenvalue weighted by Gasteiger charge is -2.19. The summed E-state index contributed by atoms with van der Waals surface area (Å²) in [6, 6.07) is 65.6. The number of furan rings is 2. The van der Waals surface area contributed by atoms with Gasteiger partial charge in [0.15, 0.2) is 0 Å². The predicted octanol–water partition coefficient (Wildman–Crippen LogP) is 15.1. The van der Waals surface area contributed by atoms with Crippen molar-refractivity contribution in [2.45, 2.75) is 0 Å². The van der Waals surface area contributed by atoms with Crippen LogP contribution >= 0.6 is 0 Å². The quantitative estimate of drug-likeness (QED) is 0.173. The highest BCUT2D eigenvalue weighted by Gasteiger charge is 2.23. The molecule has 0 N–H and O–H groups in total. The smallest absolute Gasteiger partial charge is 0.147 e. The Balaban J connectivity index is 1.17. The van der Waals surface area contributed by atoms with Gasteiger partial charge in [0.05, 0.1) is 5.39 Å². The first-order valence-electron chi connectivity index (χ1n) is 18.5. The molecule has 0 aliphatic rings. The second-order valence-electron chi connectivity index (χ2n) is 14.3. The highest BCUT2D eigenvalue weighted by molar-refractivity contribution is 6.34. The Labute approximate surface area is 310 Å². The van der Waals surface area contributed by atoms with Gasteiger partial charge in [0, 0.05) is 21.5 Å². The average molecular weight is 687 g/mol. The SMILES string of the molecule is c1ccc(-c2ccc(-c3c4ccccc4c(-c4ccc5oc6c(c5c4)c4ccccc4c4oc5ccccc5c46)c4ccccc34)c3ccccc23)cc1. The zero-order chi connectivity index (χ0) is 35.3. The molecule has 0 aliphatic carbocycles. The molecule has 0 fully saturated rings. The Morgan fingerprint density at radius 2 is 0.759 bits per heavy atom. The Bertz CT molecular complexity index is 3430. The summed E-state index contributed by atoms with van der Waals surface area (Å²) in [6.45, 7) is 0. The van der Waals surface area contributed by atoms with Crippen LogP contribution in [0.1, 0.15) is 0 Å². The van der Waals surface area contributed by atoms with Crippen LogP contribution in [0.25, 0.3) is 120 Å². The summed E-state index contributed by atoms with van der Waals surface area (Å²) in [4.78, 5) is 0. The van der Waals surface area contributed by atoms with Gasteiger partial charge in [-0.2, -0.15) is 0 Å². The predicted molar refractivity (Wildman–Crippen MR) is 227 cm³/mol. The topological polar surface area (TPSA) is 26.3 Å². The minimum Gasteiger partial charge on any atom is -0.455 e. The normalized spacial score (nSPS) is 12.1. The molecule has 0 bridgehead atoms. The van der Waals surface area contributed by atoms with E-state index in [1.807, 2.05) is 12.1 Å². The first-order chi connectivity index (χ1) is 26.8. The summed E-state index contributed by atoms with van der Waals surface area (Å²) in [6.07, 6.45) is 0. The first kappa shape index (κ1) is 29.4. The van der Waals surface area contributed by atoms with Crippen molar-refractivity contribution in [2.75, 3.05) is 0 Å². The number of hydrogen-bond acceptors (Lipinski definition) is 2. The Kier molecular flexibility index (Phi) is 6.09. The zero-order valence-electron chi connectivity index (χ0n) is 29.1. The number of hydrogen-bond donors (Lipinski definition) is 0. The fourth-order valence-corrected chi connectivity index (χ4v) is 9.17. The lowest BCUT2D eigenvalue weighted by molar-refractivity contribution is 0.665. The molecular weight excluding hydrogens is 657 g/mol. The van der Waals surface area contributed by atoms with Gasteiger partial charge in [0.25, 0.3) is 0 Å². The fourth-order valence-electron chi connectivity index (χ4n) is 9.17. The zero-order valence-corrected chi connectivity index (χ0v) is 29.1. The van der Waals surface area contributed by atoms with Crippen molar-refractivity contribution >= 4 is 87.0 Å². The van der Waals surface area contributed by atoms with Gasteiger partial charge in [0.2, 0.25) is 0 Å². The van der Waals surface area contributed by atoms with E-state index in [0.717, 1.165) is 60.2 Å². The van der Waals surface area contributed by atoms with Crippen molar-refractivity contribution in [2.24, 2.45) is 0 Å². The van der Waals surface area contributed by atoms with Crippen LogP contribution in [0.2, 0.25) is 0 Å². The Hall–Kier alpha value is -7.16. The highest BCUT2D eigenvalue weighted by atomic mass is 16.3. The molecule has 0 atom stereocenters. The maximum Gasteiger partial charge on any atom is 0.147 e. The van der Waals surface area contributed by atoms with Crippen LogP contribution in [0.5, 0.6) is 0 Å². The lowest BCUT2D eigenvalue weighted by atomic mass is 9.83. The molecular formula is C52H30O2. The molecule has 2 aromatic heterocycles. The molecule has 2 heteroatoms. The molecule has 54 heavy (non-hydrogen) atoms. The van der Waals surface area contributed by atoms with Crippen molar-refractivity contribution in [3.05, 3.63) is 182 Å². The maximum atomic E-state index is 6.81. The third-order valence-electron chi connectivity index (χ3n) is 11.4. The van der Waals surface area contributed by atoms with Crippen LogP contribution in [0.15, 0.2) is 191 Å². The number of para-hydroxylation sites is 1. The minimum atomic E-state index is 0.867. The minimum absolute atomic E-state index is 0.867. The molecule has 2 nitrogen and oxygen atoms in total. The van der Waals surface area contributed by atoms with Crippen LogP contribution in [-0.2, 0) is 0 Å². The number of benzene rings is 10. The van der Waals surface area contributed by atoms with Crippen molar-refractivity contribution in [1.29, 1.82) is 0 Å². The van der Waals surface area contributed by atoms with Crippen LogP contribution in [0, 0.1) is 0 Å². The van der Waals surface area contributed by atoms with E-state index in [9.17, 15) is 0 Å². The third-order valence-corrected chi connectivity index (χ3v) is 11.4. The number of rotatable bonds is 3. The van der Waals surface area contributed by atoms with Gasteiger partial charge < -0.3 is 8.83 Å². The van der Waals surface area contributed by atoms with Crippen LogP contribution < -0.4 is 0 Å². The molecule has 0 saturated heterocycles. The second kappa shape index (κ2) is 11.2. The van der Waals surface area contributed by atoms with Gasteiger partial charge in [0.1, 0.15) is 22.3 Å². The van der Waals surface area contributed by atoms with Crippen molar-refractivity contribution in [3.8, 4) is 33.4 Å². The molecule has 10 aromatic carbocycles. The van der Waals surface area contributed by atoms with Gasteiger partial charge in [-0.25, -0.2) is 0 Å². The van der Waals surface area contributed by atoms with E-state index in [1.165, 1.54) is 60.1 Å². The molecule has 0 amide bonds. The van der Waals surface area contributed by atoms with Gasteiger partial charge in [-0.1, -0.05) is 164 Å². The van der Waals surface area contributed by atoms with Crippen molar-refractivity contribution in [1.82, 2.24) is 0 Å². The van der Waals surface area contributed by atoms with E-state index in [-0.39, 0.29) is 0 Å². The second-order valence-corrected chi connectivity index (χ2v) is 14.3. The van der Waals surface area contributed by atoms with Gasteiger partial charge in [-0.15, -0.1) is 0 Å². The van der Waals surface area contributed by atoms with E-state index in [2.05, 4.69) is 170 Å². The van der Waals surface area contributed by atoms with E-state index in [4.69, 9.17) is 8.83 Å².